The number of hydrogen-bond donors (Lipinski definition) is 2. The highest BCUT2D eigenvalue weighted by Crippen LogP contribution is 2.44. The first-order valence-corrected chi connectivity index (χ1v) is 10.2. The highest BCUT2D eigenvalue weighted by molar-refractivity contribution is 5.86. The fraction of sp³-hybridized carbons (Fsp3) is 0.348. The van der Waals surface area contributed by atoms with Gasteiger partial charge in [-0.1, -0.05) is 48.5 Å². The molecule has 0 spiro atoms. The zero-order chi connectivity index (χ0) is 22.0. The summed E-state index contributed by atoms with van der Waals surface area (Å²) in [5.74, 6) is -1.66. The molecule has 0 saturated carbocycles. The number of carbonyl (C=O) groups is 3. The van der Waals surface area contributed by atoms with Crippen LogP contribution in [0.4, 0.5) is 4.79 Å². The molecule has 162 valence electrons. The van der Waals surface area contributed by atoms with Gasteiger partial charge < -0.3 is 24.8 Å². The van der Waals surface area contributed by atoms with E-state index in [2.05, 4.69) is 17.4 Å². The number of rotatable bonds is 6. The molecule has 2 aromatic rings. The quantitative estimate of drug-likeness (QED) is 0.737. The van der Waals surface area contributed by atoms with Crippen molar-refractivity contribution in [2.75, 3.05) is 26.8 Å². The van der Waals surface area contributed by atoms with Crippen LogP contribution in [0.2, 0.25) is 0 Å². The second-order valence-electron chi connectivity index (χ2n) is 7.74. The maximum absolute atomic E-state index is 12.5. The molecule has 1 aliphatic heterocycles. The maximum atomic E-state index is 12.5. The Bertz CT molecular complexity index is 962. The first-order chi connectivity index (χ1) is 15.0. The van der Waals surface area contributed by atoms with Crippen molar-refractivity contribution in [3.05, 3.63) is 59.7 Å². The van der Waals surface area contributed by atoms with Crippen LogP contribution in [-0.4, -0.2) is 66.9 Å². The first-order valence-electron chi connectivity index (χ1n) is 10.2. The number of nitrogens with zero attached hydrogens (tertiary/aromatic N) is 1. The van der Waals surface area contributed by atoms with Gasteiger partial charge in [-0.25, -0.2) is 4.79 Å². The third-order valence-electron chi connectivity index (χ3n) is 5.73. The maximum Gasteiger partial charge on any atom is 0.407 e. The van der Waals surface area contributed by atoms with Crippen molar-refractivity contribution in [1.29, 1.82) is 0 Å². The third kappa shape index (κ3) is 4.25. The number of nitrogens with one attached hydrogen (secondary N) is 1. The Morgan fingerprint density at radius 2 is 1.71 bits per heavy atom. The molecular weight excluding hydrogens is 400 g/mol. The van der Waals surface area contributed by atoms with E-state index in [0.717, 1.165) is 27.2 Å². The average Bonchev–Trinajstić information content (AvgIpc) is 3.33. The van der Waals surface area contributed by atoms with Crippen LogP contribution in [0.25, 0.3) is 11.1 Å². The topological polar surface area (TPSA) is 105 Å². The SMILES string of the molecule is CN(CC(=O)O)C(=O)C1OCCC1NC(=O)OCC1c2ccccc2-c2ccccc21. The number of fused-ring (bicyclic) bond motifs is 3. The van der Waals surface area contributed by atoms with Gasteiger partial charge in [0.2, 0.25) is 0 Å². The van der Waals surface area contributed by atoms with E-state index in [1.807, 2.05) is 36.4 Å². The lowest BCUT2D eigenvalue weighted by Gasteiger charge is -2.24. The van der Waals surface area contributed by atoms with Gasteiger partial charge in [-0.15, -0.1) is 0 Å². The zero-order valence-electron chi connectivity index (χ0n) is 17.1. The lowest BCUT2D eigenvalue weighted by molar-refractivity contribution is -0.148. The van der Waals surface area contributed by atoms with E-state index < -0.39 is 36.7 Å². The number of benzene rings is 2. The molecule has 8 heteroatoms. The molecule has 8 nitrogen and oxygen atoms in total. The van der Waals surface area contributed by atoms with E-state index in [-0.39, 0.29) is 12.5 Å². The van der Waals surface area contributed by atoms with Crippen molar-refractivity contribution in [1.82, 2.24) is 10.2 Å². The molecule has 4 rings (SSSR count). The second kappa shape index (κ2) is 8.77. The van der Waals surface area contributed by atoms with Crippen LogP contribution in [0.1, 0.15) is 23.5 Å². The molecular formula is C23H24N2O6. The molecule has 1 saturated heterocycles. The van der Waals surface area contributed by atoms with Crippen molar-refractivity contribution < 1.29 is 29.0 Å². The van der Waals surface area contributed by atoms with Gasteiger partial charge in [0.05, 0.1) is 6.04 Å². The highest BCUT2D eigenvalue weighted by atomic mass is 16.6. The average molecular weight is 424 g/mol. The van der Waals surface area contributed by atoms with Crippen molar-refractivity contribution in [2.24, 2.45) is 0 Å². The lowest BCUT2D eigenvalue weighted by atomic mass is 9.98. The van der Waals surface area contributed by atoms with Gasteiger partial charge >= 0.3 is 12.1 Å². The van der Waals surface area contributed by atoms with Crippen LogP contribution in [0.5, 0.6) is 0 Å². The van der Waals surface area contributed by atoms with Gasteiger partial charge in [-0.3, -0.25) is 9.59 Å². The van der Waals surface area contributed by atoms with E-state index in [1.165, 1.54) is 7.05 Å². The molecule has 2 aliphatic rings. The van der Waals surface area contributed by atoms with Crippen molar-refractivity contribution >= 4 is 18.0 Å². The molecule has 0 bridgehead atoms. The molecule has 2 unspecified atom stereocenters. The second-order valence-corrected chi connectivity index (χ2v) is 7.74. The van der Waals surface area contributed by atoms with Crippen LogP contribution in [0.3, 0.4) is 0 Å². The predicted octanol–water partition coefficient (Wildman–Crippen LogP) is 2.23. The number of carbonyl (C=O) groups excluding carboxylic acids is 2. The summed E-state index contributed by atoms with van der Waals surface area (Å²) in [4.78, 5) is 36.9. The molecule has 31 heavy (non-hydrogen) atoms. The van der Waals surface area contributed by atoms with Crippen LogP contribution in [-0.2, 0) is 19.1 Å². The van der Waals surface area contributed by atoms with E-state index in [9.17, 15) is 14.4 Å². The summed E-state index contributed by atoms with van der Waals surface area (Å²) >= 11 is 0. The van der Waals surface area contributed by atoms with Crippen molar-refractivity contribution in [3.8, 4) is 11.1 Å². The van der Waals surface area contributed by atoms with Crippen LogP contribution in [0, 0.1) is 0 Å². The number of carboxylic acids is 1. The van der Waals surface area contributed by atoms with Gasteiger partial charge in [0, 0.05) is 19.6 Å². The number of ether oxygens (including phenoxy) is 2. The number of likely N-dealkylation sites (N-methyl/N-ethyl adjacent to an activating group) is 1. The molecule has 0 radical (unpaired) electrons. The minimum atomic E-state index is -1.12. The van der Waals surface area contributed by atoms with Gasteiger partial charge in [0.25, 0.3) is 5.91 Å². The molecule has 2 atom stereocenters. The van der Waals surface area contributed by atoms with Gasteiger partial charge in [0.15, 0.2) is 6.10 Å². The Balaban J connectivity index is 1.38. The monoisotopic (exact) mass is 424 g/mol. The Morgan fingerprint density at radius 1 is 1.10 bits per heavy atom. The van der Waals surface area contributed by atoms with Crippen LogP contribution >= 0.6 is 0 Å². The predicted molar refractivity (Wildman–Crippen MR) is 112 cm³/mol. The Hall–Kier alpha value is -3.39. The normalized spacial score (nSPS) is 19.4. The number of hydrogen-bond acceptors (Lipinski definition) is 5. The molecule has 0 aromatic heterocycles. The smallest absolute Gasteiger partial charge is 0.407 e. The molecule has 2 aromatic carbocycles. The summed E-state index contributed by atoms with van der Waals surface area (Å²) in [5, 5.41) is 11.6. The summed E-state index contributed by atoms with van der Waals surface area (Å²) in [6.45, 7) is 0.0347. The Labute approximate surface area is 179 Å². The van der Waals surface area contributed by atoms with Crippen molar-refractivity contribution in [2.45, 2.75) is 24.5 Å². The summed E-state index contributed by atoms with van der Waals surface area (Å²) in [7, 11) is 1.39. The number of aliphatic carboxylic acids is 1. The van der Waals surface area contributed by atoms with Gasteiger partial charge in [-0.2, -0.15) is 0 Å². The number of carboxylic acid groups (broad SMARTS) is 1. The van der Waals surface area contributed by atoms with E-state index in [0.29, 0.717) is 13.0 Å². The van der Waals surface area contributed by atoms with E-state index in [4.69, 9.17) is 14.6 Å². The van der Waals surface area contributed by atoms with Crippen molar-refractivity contribution in [3.63, 3.8) is 0 Å². The number of alkyl carbamates (subject to hydrolysis) is 1. The van der Waals surface area contributed by atoms with Gasteiger partial charge in [-0.05, 0) is 28.7 Å². The van der Waals surface area contributed by atoms with Crippen LogP contribution < -0.4 is 5.32 Å². The highest BCUT2D eigenvalue weighted by Gasteiger charge is 2.38. The minimum Gasteiger partial charge on any atom is -0.480 e. The summed E-state index contributed by atoms with van der Waals surface area (Å²) in [5.41, 5.74) is 4.51. The summed E-state index contributed by atoms with van der Waals surface area (Å²) < 4.78 is 11.0. The van der Waals surface area contributed by atoms with E-state index >= 15 is 0 Å². The Kier molecular flexibility index (Phi) is 5.90. The molecule has 1 fully saturated rings. The zero-order valence-corrected chi connectivity index (χ0v) is 17.1. The molecule has 1 aliphatic carbocycles. The molecule has 2 N–H and O–H groups in total. The summed E-state index contributed by atoms with van der Waals surface area (Å²) in [6, 6.07) is 15.6. The molecule has 1 heterocycles. The van der Waals surface area contributed by atoms with Gasteiger partial charge in [0.1, 0.15) is 13.2 Å². The van der Waals surface area contributed by atoms with E-state index in [1.54, 1.807) is 0 Å². The largest absolute Gasteiger partial charge is 0.480 e. The molecule has 2 amide bonds. The van der Waals surface area contributed by atoms with Crippen LogP contribution in [0.15, 0.2) is 48.5 Å². The third-order valence-corrected chi connectivity index (χ3v) is 5.73. The fourth-order valence-corrected chi connectivity index (χ4v) is 4.27. The fourth-order valence-electron chi connectivity index (χ4n) is 4.27. The lowest BCUT2D eigenvalue weighted by Crippen LogP contribution is -2.49. The standard InChI is InChI=1S/C23H24N2O6/c1-25(12-20(26)27)22(28)21-19(10-11-30-21)24-23(29)31-13-18-16-8-4-2-6-14(16)15-7-3-5-9-17(15)18/h2-9,18-19,21H,10-13H2,1H3,(H,24,29)(H,26,27). The Morgan fingerprint density at radius 3 is 2.32 bits per heavy atom. The first kappa shape index (κ1) is 20.9. The number of amides is 2. The summed E-state index contributed by atoms with van der Waals surface area (Å²) in [6.07, 6.45) is -1.11. The minimum absolute atomic E-state index is 0.0582.